The number of amides is 1. The van der Waals surface area contributed by atoms with Crippen LogP contribution in [0.4, 0.5) is 5.69 Å². The van der Waals surface area contributed by atoms with Crippen molar-refractivity contribution < 1.29 is 4.79 Å². The van der Waals surface area contributed by atoms with E-state index in [4.69, 9.17) is 11.6 Å². The van der Waals surface area contributed by atoms with Crippen molar-refractivity contribution in [1.82, 2.24) is 0 Å². The zero-order valence-corrected chi connectivity index (χ0v) is 16.9. The Morgan fingerprint density at radius 1 is 0.889 bits per heavy atom. The topological polar surface area (TPSA) is 29.1 Å². The number of hydrogen-bond acceptors (Lipinski definition) is 2. The predicted octanol–water partition coefficient (Wildman–Crippen LogP) is 6.50. The second kappa shape index (κ2) is 9.12. The summed E-state index contributed by atoms with van der Waals surface area (Å²) in [5.74, 6) is -0.0257. The van der Waals surface area contributed by atoms with Crippen molar-refractivity contribution >= 4 is 35.0 Å². The van der Waals surface area contributed by atoms with Gasteiger partial charge in [0.15, 0.2) is 0 Å². The van der Waals surface area contributed by atoms with E-state index in [1.807, 2.05) is 68.4 Å². The quantitative estimate of drug-likeness (QED) is 0.516. The van der Waals surface area contributed by atoms with E-state index < -0.39 is 0 Å². The first kappa shape index (κ1) is 19.5. The zero-order valence-electron chi connectivity index (χ0n) is 15.4. The van der Waals surface area contributed by atoms with E-state index in [0.717, 1.165) is 11.3 Å². The molecule has 0 heterocycles. The fraction of sp³-hybridized carbons (Fsp3) is 0.174. The van der Waals surface area contributed by atoms with Gasteiger partial charge in [0.25, 0.3) is 0 Å². The van der Waals surface area contributed by atoms with Crippen LogP contribution in [0.3, 0.4) is 0 Å². The minimum atomic E-state index is -0.228. The number of carbonyl (C=O) groups is 1. The minimum Gasteiger partial charge on any atom is -0.325 e. The van der Waals surface area contributed by atoms with Crippen LogP contribution < -0.4 is 5.32 Å². The summed E-state index contributed by atoms with van der Waals surface area (Å²) in [7, 11) is 0. The maximum atomic E-state index is 12.8. The molecular weight excluding hydrogens is 374 g/mol. The summed E-state index contributed by atoms with van der Waals surface area (Å²) in [5.41, 5.74) is 4.02. The number of carbonyl (C=O) groups excluding carboxylic acids is 1. The summed E-state index contributed by atoms with van der Waals surface area (Å²) < 4.78 is 0. The van der Waals surface area contributed by atoms with Gasteiger partial charge in [-0.2, -0.15) is 0 Å². The third-order valence-electron chi connectivity index (χ3n) is 4.44. The van der Waals surface area contributed by atoms with Gasteiger partial charge in [-0.15, -0.1) is 11.8 Å². The van der Waals surface area contributed by atoms with E-state index in [1.165, 1.54) is 11.1 Å². The summed E-state index contributed by atoms with van der Waals surface area (Å²) in [4.78, 5) is 12.8. The fourth-order valence-corrected chi connectivity index (χ4v) is 4.24. The SMILES string of the molecule is Cc1c(Cl)cccc1NC(=O)[C@@H](C)SC(c1ccccc1)c1ccccc1. The van der Waals surface area contributed by atoms with Gasteiger partial charge in [-0.05, 0) is 42.7 Å². The molecule has 3 aromatic rings. The summed E-state index contributed by atoms with van der Waals surface area (Å²) >= 11 is 7.81. The fourth-order valence-electron chi connectivity index (χ4n) is 2.85. The largest absolute Gasteiger partial charge is 0.325 e. The lowest BCUT2D eigenvalue weighted by atomic mass is 10.0. The highest BCUT2D eigenvalue weighted by Crippen LogP contribution is 2.38. The third kappa shape index (κ3) is 4.94. The maximum absolute atomic E-state index is 12.8. The molecule has 3 aromatic carbocycles. The zero-order chi connectivity index (χ0) is 19.2. The van der Waals surface area contributed by atoms with E-state index in [2.05, 4.69) is 29.6 Å². The van der Waals surface area contributed by atoms with E-state index in [0.29, 0.717) is 5.02 Å². The van der Waals surface area contributed by atoms with E-state index in [9.17, 15) is 4.79 Å². The molecule has 0 fully saturated rings. The number of benzene rings is 3. The van der Waals surface area contributed by atoms with Crippen LogP contribution in [0, 0.1) is 6.92 Å². The monoisotopic (exact) mass is 395 g/mol. The van der Waals surface area contributed by atoms with E-state index in [1.54, 1.807) is 11.8 Å². The summed E-state index contributed by atoms with van der Waals surface area (Å²) in [6.45, 7) is 3.85. The number of rotatable bonds is 6. The molecule has 0 unspecified atom stereocenters. The maximum Gasteiger partial charge on any atom is 0.237 e. The third-order valence-corrected chi connectivity index (χ3v) is 6.29. The van der Waals surface area contributed by atoms with Gasteiger partial charge in [-0.3, -0.25) is 4.79 Å². The van der Waals surface area contributed by atoms with Crippen LogP contribution in [0.2, 0.25) is 5.02 Å². The number of anilines is 1. The van der Waals surface area contributed by atoms with Crippen molar-refractivity contribution in [2.45, 2.75) is 24.3 Å². The lowest BCUT2D eigenvalue weighted by Gasteiger charge is -2.22. The van der Waals surface area contributed by atoms with Gasteiger partial charge in [-0.1, -0.05) is 78.3 Å². The predicted molar refractivity (Wildman–Crippen MR) is 117 cm³/mol. The molecule has 0 aromatic heterocycles. The van der Waals surface area contributed by atoms with Crippen LogP contribution >= 0.6 is 23.4 Å². The molecule has 4 heteroatoms. The molecule has 1 N–H and O–H groups in total. The molecule has 138 valence electrons. The Morgan fingerprint density at radius 2 is 1.44 bits per heavy atom. The van der Waals surface area contributed by atoms with Crippen molar-refractivity contribution in [2.24, 2.45) is 0 Å². The first-order valence-corrected chi connectivity index (χ1v) is 10.2. The Bertz CT molecular complexity index is 859. The van der Waals surface area contributed by atoms with Crippen LogP contribution in [0.5, 0.6) is 0 Å². The van der Waals surface area contributed by atoms with Gasteiger partial charge >= 0.3 is 0 Å². The molecule has 0 spiro atoms. The summed E-state index contributed by atoms with van der Waals surface area (Å²) in [6, 6.07) is 26.1. The highest BCUT2D eigenvalue weighted by molar-refractivity contribution is 8.01. The highest BCUT2D eigenvalue weighted by atomic mass is 35.5. The first-order valence-electron chi connectivity index (χ1n) is 8.87. The average Bonchev–Trinajstić information content (AvgIpc) is 2.70. The molecule has 0 bridgehead atoms. The van der Waals surface area contributed by atoms with Gasteiger partial charge in [0.05, 0.1) is 10.5 Å². The molecule has 1 amide bonds. The van der Waals surface area contributed by atoms with E-state index >= 15 is 0 Å². The molecule has 0 aliphatic carbocycles. The van der Waals surface area contributed by atoms with Crippen LogP contribution in [0.1, 0.15) is 28.9 Å². The van der Waals surface area contributed by atoms with Crippen molar-refractivity contribution in [1.29, 1.82) is 0 Å². The lowest BCUT2D eigenvalue weighted by molar-refractivity contribution is -0.115. The number of halogens is 1. The van der Waals surface area contributed by atoms with Gasteiger partial charge in [0.1, 0.15) is 0 Å². The molecular formula is C23H22ClNOS. The molecule has 0 aliphatic rings. The van der Waals surface area contributed by atoms with Crippen LogP contribution in [0.15, 0.2) is 78.9 Å². The van der Waals surface area contributed by atoms with Crippen LogP contribution in [-0.2, 0) is 4.79 Å². The number of nitrogens with one attached hydrogen (secondary N) is 1. The standard InChI is InChI=1S/C23H22ClNOS/c1-16-20(24)14-9-15-21(16)25-23(26)17(2)27-22(18-10-5-3-6-11-18)19-12-7-4-8-13-19/h3-15,17,22H,1-2H3,(H,25,26)/t17-/m1/s1. The average molecular weight is 396 g/mol. The minimum absolute atomic E-state index is 0.0257. The van der Waals surface area contributed by atoms with Crippen LogP contribution in [-0.4, -0.2) is 11.2 Å². The van der Waals surface area contributed by atoms with Crippen molar-refractivity contribution in [3.8, 4) is 0 Å². The Kier molecular flexibility index (Phi) is 6.59. The second-order valence-electron chi connectivity index (χ2n) is 6.38. The lowest BCUT2D eigenvalue weighted by Crippen LogP contribution is -2.24. The smallest absolute Gasteiger partial charge is 0.237 e. The molecule has 0 aliphatic heterocycles. The van der Waals surface area contributed by atoms with Crippen molar-refractivity contribution in [3.63, 3.8) is 0 Å². The molecule has 0 saturated heterocycles. The van der Waals surface area contributed by atoms with Gasteiger partial charge in [0.2, 0.25) is 5.91 Å². The summed E-state index contributed by atoms with van der Waals surface area (Å²) in [5, 5.41) is 3.53. The van der Waals surface area contributed by atoms with Gasteiger partial charge in [0, 0.05) is 10.7 Å². The molecule has 3 rings (SSSR count). The normalized spacial score (nSPS) is 12.0. The Balaban J connectivity index is 1.79. The molecule has 27 heavy (non-hydrogen) atoms. The second-order valence-corrected chi connectivity index (χ2v) is 8.24. The Labute approximate surface area is 170 Å². The van der Waals surface area contributed by atoms with Gasteiger partial charge < -0.3 is 5.32 Å². The summed E-state index contributed by atoms with van der Waals surface area (Å²) in [6.07, 6.45) is 0. The Hall–Kier alpha value is -2.23. The molecule has 0 saturated carbocycles. The molecule has 1 atom stereocenters. The van der Waals surface area contributed by atoms with Gasteiger partial charge in [-0.25, -0.2) is 0 Å². The molecule has 0 radical (unpaired) electrons. The van der Waals surface area contributed by atoms with E-state index in [-0.39, 0.29) is 16.4 Å². The molecule has 2 nitrogen and oxygen atoms in total. The Morgan fingerprint density at radius 3 is 2.00 bits per heavy atom. The van der Waals surface area contributed by atoms with Crippen molar-refractivity contribution in [3.05, 3.63) is 101 Å². The van der Waals surface area contributed by atoms with Crippen LogP contribution in [0.25, 0.3) is 0 Å². The first-order chi connectivity index (χ1) is 13.1. The highest BCUT2D eigenvalue weighted by Gasteiger charge is 2.22. The number of thioether (sulfide) groups is 1. The van der Waals surface area contributed by atoms with Crippen molar-refractivity contribution in [2.75, 3.05) is 5.32 Å². The number of hydrogen-bond donors (Lipinski definition) is 1.